The van der Waals surface area contributed by atoms with Crippen molar-refractivity contribution in [3.05, 3.63) is 0 Å². The predicted molar refractivity (Wildman–Crippen MR) is 207 cm³/mol. The largest absolute Gasteiger partial charge is 0.472 e. The van der Waals surface area contributed by atoms with Gasteiger partial charge in [-0.1, -0.05) is 168 Å². The van der Waals surface area contributed by atoms with Crippen molar-refractivity contribution in [3.63, 3.8) is 0 Å². The monoisotopic (exact) mass is 747 g/mol. The van der Waals surface area contributed by atoms with E-state index in [9.17, 15) is 24.2 Å². The number of aliphatic hydroxyl groups is 1. The molecule has 0 saturated heterocycles. The molecule has 0 spiro atoms. The van der Waals surface area contributed by atoms with Gasteiger partial charge in [0.1, 0.15) is 6.61 Å². The summed E-state index contributed by atoms with van der Waals surface area (Å²) in [5.74, 6) is -0.811. The first-order chi connectivity index (χ1) is 24.8. The van der Waals surface area contributed by atoms with E-state index in [0.29, 0.717) is 32.1 Å². The fourth-order valence-corrected chi connectivity index (χ4v) is 7.74. The van der Waals surface area contributed by atoms with Crippen molar-refractivity contribution in [2.24, 2.45) is 0 Å². The molecule has 0 bridgehead atoms. The average Bonchev–Trinajstić information content (AvgIpc) is 3.11. The molecule has 10 heteroatoms. The Kier molecular flexibility index (Phi) is 31.6. The van der Waals surface area contributed by atoms with Gasteiger partial charge in [-0.3, -0.25) is 18.6 Å². The van der Waals surface area contributed by atoms with Gasteiger partial charge in [0, 0.05) is 12.8 Å². The smallest absolute Gasteiger partial charge is 0.462 e. The molecule has 1 rings (SSSR count). The number of aliphatic hydroxyl groups excluding tert-OH is 1. The molecule has 1 saturated carbocycles. The van der Waals surface area contributed by atoms with Crippen LogP contribution in [0.2, 0.25) is 0 Å². The topological polar surface area (TPSA) is 129 Å². The van der Waals surface area contributed by atoms with Crippen molar-refractivity contribution in [1.82, 2.24) is 0 Å². The molecular formula is C41H79O9P. The maximum Gasteiger partial charge on any atom is 0.472 e. The van der Waals surface area contributed by atoms with E-state index in [-0.39, 0.29) is 25.4 Å². The van der Waals surface area contributed by atoms with Crippen LogP contribution in [-0.2, 0) is 32.7 Å². The van der Waals surface area contributed by atoms with Crippen LogP contribution >= 0.6 is 7.82 Å². The van der Waals surface area contributed by atoms with Crippen molar-refractivity contribution in [3.8, 4) is 0 Å². The van der Waals surface area contributed by atoms with Crippen LogP contribution in [0.4, 0.5) is 0 Å². The van der Waals surface area contributed by atoms with Crippen LogP contribution in [0.5, 0.6) is 0 Å². The van der Waals surface area contributed by atoms with Gasteiger partial charge in [-0.25, -0.2) is 4.57 Å². The lowest BCUT2D eigenvalue weighted by Gasteiger charge is -2.27. The summed E-state index contributed by atoms with van der Waals surface area (Å²) in [5, 5.41) is 9.71. The molecule has 1 unspecified atom stereocenters. The minimum absolute atomic E-state index is 0.235. The Morgan fingerprint density at radius 1 is 0.569 bits per heavy atom. The first kappa shape index (κ1) is 48.0. The number of esters is 2. The second kappa shape index (κ2) is 33.6. The molecule has 0 amide bonds. The van der Waals surface area contributed by atoms with E-state index in [1.54, 1.807) is 0 Å². The van der Waals surface area contributed by atoms with Crippen LogP contribution in [0.3, 0.4) is 0 Å². The summed E-state index contributed by atoms with van der Waals surface area (Å²) in [6, 6.07) is 0. The fourth-order valence-electron chi connectivity index (χ4n) is 6.74. The molecule has 302 valence electrons. The van der Waals surface area contributed by atoms with Gasteiger partial charge in [0.05, 0.1) is 18.8 Å². The SMILES string of the molecule is CCCCCCCCCCCCCCCC(=O)OC[C@H](COP(=O)(O)OC1CCC(O)CC1)OC(=O)CCCCCCCCCCCCCCC. The van der Waals surface area contributed by atoms with E-state index >= 15 is 0 Å². The third-order valence-corrected chi connectivity index (χ3v) is 11.1. The Balaban J connectivity index is 2.31. The van der Waals surface area contributed by atoms with Crippen molar-refractivity contribution in [1.29, 1.82) is 0 Å². The molecular weight excluding hydrogens is 667 g/mol. The van der Waals surface area contributed by atoms with E-state index < -0.39 is 38.7 Å². The molecule has 0 radical (unpaired) electrons. The highest BCUT2D eigenvalue weighted by atomic mass is 31.2. The van der Waals surface area contributed by atoms with E-state index in [1.807, 2.05) is 0 Å². The number of hydrogen-bond donors (Lipinski definition) is 2. The quantitative estimate of drug-likeness (QED) is 0.0365. The highest BCUT2D eigenvalue weighted by Crippen LogP contribution is 2.47. The summed E-state index contributed by atoms with van der Waals surface area (Å²) >= 11 is 0. The Morgan fingerprint density at radius 3 is 1.35 bits per heavy atom. The number of carbonyl (C=O) groups is 2. The van der Waals surface area contributed by atoms with Crippen molar-refractivity contribution in [2.75, 3.05) is 13.2 Å². The third kappa shape index (κ3) is 31.1. The Labute approximate surface area is 312 Å². The number of rotatable bonds is 36. The minimum Gasteiger partial charge on any atom is -0.462 e. The molecule has 1 aliphatic rings. The number of phosphoric acid groups is 1. The highest BCUT2D eigenvalue weighted by molar-refractivity contribution is 7.47. The Hall–Kier alpha value is -0.990. The van der Waals surface area contributed by atoms with Crippen LogP contribution in [0.25, 0.3) is 0 Å². The van der Waals surface area contributed by atoms with Gasteiger partial charge >= 0.3 is 19.8 Å². The molecule has 1 aliphatic carbocycles. The van der Waals surface area contributed by atoms with E-state index in [0.717, 1.165) is 32.1 Å². The third-order valence-electron chi connectivity index (χ3n) is 10.0. The summed E-state index contributed by atoms with van der Waals surface area (Å²) in [6.07, 6.45) is 32.2. The molecule has 0 aromatic rings. The van der Waals surface area contributed by atoms with Crippen LogP contribution in [0, 0.1) is 0 Å². The standard InChI is InChI=1S/C41H79O9P/c1-3-5-7-9-11-13-15-17-19-21-23-25-27-29-40(43)47-35-39(36-48-51(45,46)50-38-33-31-37(42)32-34-38)49-41(44)30-28-26-24-22-20-18-16-14-12-10-8-6-4-2/h37-39,42H,3-36H2,1-2H3,(H,45,46)/t37?,38?,39-/m1/s1. The molecule has 2 N–H and O–H groups in total. The van der Waals surface area contributed by atoms with Crippen LogP contribution < -0.4 is 0 Å². The number of ether oxygens (including phenoxy) is 2. The zero-order valence-electron chi connectivity index (χ0n) is 33.0. The summed E-state index contributed by atoms with van der Waals surface area (Å²) in [7, 11) is -4.43. The normalized spacial score (nSPS) is 18.0. The molecule has 1 fully saturated rings. The number of carbonyl (C=O) groups excluding carboxylic acids is 2. The maximum absolute atomic E-state index is 12.7. The lowest BCUT2D eigenvalue weighted by atomic mass is 9.95. The first-order valence-corrected chi connectivity index (χ1v) is 22.9. The molecule has 0 heterocycles. The Bertz CT molecular complexity index is 862. The summed E-state index contributed by atoms with van der Waals surface area (Å²) in [4.78, 5) is 35.5. The number of phosphoric ester groups is 1. The second-order valence-electron chi connectivity index (χ2n) is 15.1. The van der Waals surface area contributed by atoms with Gasteiger partial charge in [0.2, 0.25) is 0 Å². The lowest BCUT2D eigenvalue weighted by molar-refractivity contribution is -0.161. The molecule has 0 aromatic carbocycles. The molecule has 9 nitrogen and oxygen atoms in total. The molecule has 0 aromatic heterocycles. The van der Waals surface area contributed by atoms with Crippen molar-refractivity contribution in [2.45, 2.75) is 238 Å². The zero-order valence-corrected chi connectivity index (χ0v) is 33.9. The second-order valence-corrected chi connectivity index (χ2v) is 16.5. The highest BCUT2D eigenvalue weighted by Gasteiger charge is 2.31. The van der Waals surface area contributed by atoms with Crippen LogP contribution in [-0.4, -0.2) is 53.5 Å². The van der Waals surface area contributed by atoms with Crippen molar-refractivity contribution < 1.29 is 42.7 Å². The fraction of sp³-hybridized carbons (Fsp3) is 0.951. The van der Waals surface area contributed by atoms with Crippen LogP contribution in [0.15, 0.2) is 0 Å². The average molecular weight is 747 g/mol. The van der Waals surface area contributed by atoms with Gasteiger partial charge in [-0.05, 0) is 38.5 Å². The van der Waals surface area contributed by atoms with E-state index in [4.69, 9.17) is 18.5 Å². The maximum atomic E-state index is 12.7. The molecule has 51 heavy (non-hydrogen) atoms. The van der Waals surface area contributed by atoms with E-state index in [2.05, 4.69) is 13.8 Å². The summed E-state index contributed by atoms with van der Waals surface area (Å²) in [5.41, 5.74) is 0. The summed E-state index contributed by atoms with van der Waals surface area (Å²) < 4.78 is 34.2. The van der Waals surface area contributed by atoms with Crippen LogP contribution in [0.1, 0.15) is 219 Å². The van der Waals surface area contributed by atoms with Gasteiger partial charge in [-0.2, -0.15) is 0 Å². The summed E-state index contributed by atoms with van der Waals surface area (Å²) in [6.45, 7) is 3.84. The Morgan fingerprint density at radius 2 is 0.941 bits per heavy atom. The zero-order chi connectivity index (χ0) is 37.3. The molecule has 0 aliphatic heterocycles. The lowest BCUT2D eigenvalue weighted by Crippen LogP contribution is -2.30. The predicted octanol–water partition coefficient (Wildman–Crippen LogP) is 11.8. The molecule has 2 atom stereocenters. The number of unbranched alkanes of at least 4 members (excludes halogenated alkanes) is 24. The van der Waals surface area contributed by atoms with Gasteiger partial charge in [0.15, 0.2) is 6.10 Å². The first-order valence-electron chi connectivity index (χ1n) is 21.4. The van der Waals surface area contributed by atoms with Crippen molar-refractivity contribution >= 4 is 19.8 Å². The number of hydrogen-bond acceptors (Lipinski definition) is 8. The van der Waals surface area contributed by atoms with Gasteiger partial charge < -0.3 is 19.5 Å². The van der Waals surface area contributed by atoms with Gasteiger partial charge in [-0.15, -0.1) is 0 Å². The van der Waals surface area contributed by atoms with E-state index in [1.165, 1.54) is 128 Å². The van der Waals surface area contributed by atoms with Gasteiger partial charge in [0.25, 0.3) is 0 Å². The minimum atomic E-state index is -4.43.